The van der Waals surface area contributed by atoms with Crippen LogP contribution in [0.15, 0.2) is 48.6 Å². The molecule has 0 heteroatoms. The van der Waals surface area contributed by atoms with Crippen molar-refractivity contribution in [2.75, 3.05) is 0 Å². The van der Waals surface area contributed by atoms with Gasteiger partial charge in [-0.05, 0) is 38.8 Å². The second-order valence-electron chi connectivity index (χ2n) is 5.56. The van der Waals surface area contributed by atoms with Gasteiger partial charge in [0.25, 0.3) is 0 Å². The summed E-state index contributed by atoms with van der Waals surface area (Å²) < 4.78 is 0. The summed E-state index contributed by atoms with van der Waals surface area (Å²) in [6, 6.07) is 13.2. The Kier molecular flexibility index (Phi) is 4.57. The molecule has 0 amide bonds. The predicted molar refractivity (Wildman–Crippen MR) is 89.9 cm³/mol. The monoisotopic (exact) mass is 262 g/mol. The van der Waals surface area contributed by atoms with E-state index in [2.05, 4.69) is 88.4 Å². The third-order valence-electron chi connectivity index (χ3n) is 3.18. The largest absolute Gasteiger partial charge is 0.0617 e. The summed E-state index contributed by atoms with van der Waals surface area (Å²) in [6.07, 6.45) is 8.51. The molecule has 0 saturated heterocycles. The maximum Gasteiger partial charge on any atom is -0.0251 e. The summed E-state index contributed by atoms with van der Waals surface area (Å²) in [5, 5.41) is 0. The van der Waals surface area contributed by atoms with Gasteiger partial charge in [0.1, 0.15) is 0 Å². The first kappa shape index (κ1) is 14.3. The zero-order chi connectivity index (χ0) is 14.5. The average Bonchev–Trinajstić information content (AvgIpc) is 2.32. The van der Waals surface area contributed by atoms with E-state index in [1.165, 1.54) is 33.4 Å². The molecule has 2 rings (SSSR count). The van der Waals surface area contributed by atoms with Crippen molar-refractivity contribution in [2.24, 2.45) is 0 Å². The molecule has 0 heterocycles. The standard InChI is InChI=1S/C20H22/c1-15-9-16(2)12-19(11-15)7-5-6-8-20-13-17(3)10-18(4)14-20/h5-14H,1-4H3/b7-5+,8-6+. The zero-order valence-corrected chi connectivity index (χ0v) is 12.8. The van der Waals surface area contributed by atoms with E-state index in [1.807, 2.05) is 0 Å². The van der Waals surface area contributed by atoms with Crippen molar-refractivity contribution >= 4 is 12.2 Å². The topological polar surface area (TPSA) is 0 Å². The van der Waals surface area contributed by atoms with E-state index in [-0.39, 0.29) is 0 Å². The lowest BCUT2D eigenvalue weighted by Gasteiger charge is -2.00. The van der Waals surface area contributed by atoms with E-state index >= 15 is 0 Å². The van der Waals surface area contributed by atoms with E-state index in [1.54, 1.807) is 0 Å². The van der Waals surface area contributed by atoms with Gasteiger partial charge < -0.3 is 0 Å². The SMILES string of the molecule is Cc1cc(C)cc(/C=C/C=C/c2cc(C)cc(C)c2)c1. The van der Waals surface area contributed by atoms with E-state index in [0.29, 0.717) is 0 Å². The lowest BCUT2D eigenvalue weighted by atomic mass is 10.1. The van der Waals surface area contributed by atoms with Gasteiger partial charge in [-0.1, -0.05) is 83.0 Å². The maximum absolute atomic E-state index is 2.20. The van der Waals surface area contributed by atoms with E-state index in [4.69, 9.17) is 0 Å². The Balaban J connectivity index is 2.10. The van der Waals surface area contributed by atoms with Gasteiger partial charge in [-0.2, -0.15) is 0 Å². The fourth-order valence-electron chi connectivity index (χ4n) is 2.55. The third kappa shape index (κ3) is 4.24. The number of allylic oxidation sites excluding steroid dienone is 2. The smallest absolute Gasteiger partial charge is 0.0251 e. The van der Waals surface area contributed by atoms with Crippen molar-refractivity contribution in [1.29, 1.82) is 0 Å². The third-order valence-corrected chi connectivity index (χ3v) is 3.18. The summed E-state index contributed by atoms with van der Waals surface area (Å²) >= 11 is 0. The maximum atomic E-state index is 2.20. The van der Waals surface area contributed by atoms with Crippen LogP contribution in [-0.4, -0.2) is 0 Å². The number of rotatable bonds is 3. The number of hydrogen-bond acceptors (Lipinski definition) is 0. The van der Waals surface area contributed by atoms with Crippen LogP contribution >= 0.6 is 0 Å². The average molecular weight is 262 g/mol. The highest BCUT2D eigenvalue weighted by Crippen LogP contribution is 2.12. The first-order valence-corrected chi connectivity index (χ1v) is 7.04. The molecule has 0 saturated carbocycles. The van der Waals surface area contributed by atoms with Crippen LogP contribution in [0.1, 0.15) is 33.4 Å². The second kappa shape index (κ2) is 6.38. The van der Waals surface area contributed by atoms with Gasteiger partial charge in [-0.15, -0.1) is 0 Å². The van der Waals surface area contributed by atoms with Crippen molar-refractivity contribution in [3.63, 3.8) is 0 Å². The minimum Gasteiger partial charge on any atom is -0.0617 e. The van der Waals surface area contributed by atoms with Gasteiger partial charge in [0.2, 0.25) is 0 Å². The molecule has 0 aliphatic heterocycles. The van der Waals surface area contributed by atoms with Gasteiger partial charge in [-0.25, -0.2) is 0 Å². The van der Waals surface area contributed by atoms with Crippen LogP contribution in [0.3, 0.4) is 0 Å². The van der Waals surface area contributed by atoms with Crippen LogP contribution in [0.2, 0.25) is 0 Å². The Hall–Kier alpha value is -2.08. The molecule has 0 spiro atoms. The van der Waals surface area contributed by atoms with Crippen LogP contribution in [0, 0.1) is 27.7 Å². The molecular weight excluding hydrogens is 240 g/mol. The predicted octanol–water partition coefficient (Wildman–Crippen LogP) is 5.65. The number of hydrogen-bond donors (Lipinski definition) is 0. The van der Waals surface area contributed by atoms with Crippen molar-refractivity contribution < 1.29 is 0 Å². The lowest BCUT2D eigenvalue weighted by molar-refractivity contribution is 1.37. The van der Waals surface area contributed by atoms with Crippen LogP contribution in [0.5, 0.6) is 0 Å². The summed E-state index contributed by atoms with van der Waals surface area (Å²) in [5.74, 6) is 0. The number of benzene rings is 2. The first-order valence-electron chi connectivity index (χ1n) is 7.04. The number of aryl methyl sites for hydroxylation is 4. The molecular formula is C20H22. The Labute approximate surface area is 122 Å². The van der Waals surface area contributed by atoms with Crippen molar-refractivity contribution in [3.05, 3.63) is 81.9 Å². The van der Waals surface area contributed by atoms with Crippen molar-refractivity contribution in [1.82, 2.24) is 0 Å². The molecule has 0 aliphatic carbocycles. The molecule has 0 nitrogen and oxygen atoms in total. The summed E-state index contributed by atoms with van der Waals surface area (Å²) in [5.41, 5.74) is 7.75. The molecule has 0 bridgehead atoms. The Bertz CT molecular complexity index is 558. The Morgan fingerprint density at radius 1 is 0.500 bits per heavy atom. The molecule has 0 unspecified atom stereocenters. The van der Waals surface area contributed by atoms with Gasteiger partial charge in [0.05, 0.1) is 0 Å². The quantitative estimate of drug-likeness (QED) is 0.627. The molecule has 0 fully saturated rings. The second-order valence-corrected chi connectivity index (χ2v) is 5.56. The van der Waals surface area contributed by atoms with Crippen LogP contribution < -0.4 is 0 Å². The molecule has 2 aromatic rings. The minimum absolute atomic E-state index is 1.26. The van der Waals surface area contributed by atoms with Crippen molar-refractivity contribution in [2.45, 2.75) is 27.7 Å². The normalized spacial score (nSPS) is 11.6. The van der Waals surface area contributed by atoms with Crippen LogP contribution in [-0.2, 0) is 0 Å². The van der Waals surface area contributed by atoms with E-state index in [9.17, 15) is 0 Å². The summed E-state index contributed by atoms with van der Waals surface area (Å²) in [7, 11) is 0. The molecule has 0 atom stereocenters. The highest BCUT2D eigenvalue weighted by Gasteiger charge is 1.92. The molecule has 0 aromatic heterocycles. The summed E-state index contributed by atoms with van der Waals surface area (Å²) in [4.78, 5) is 0. The molecule has 2 aromatic carbocycles. The fraction of sp³-hybridized carbons (Fsp3) is 0.200. The minimum atomic E-state index is 1.26. The van der Waals surface area contributed by atoms with E-state index in [0.717, 1.165) is 0 Å². The Morgan fingerprint density at radius 3 is 1.10 bits per heavy atom. The Morgan fingerprint density at radius 2 is 0.800 bits per heavy atom. The zero-order valence-electron chi connectivity index (χ0n) is 12.8. The van der Waals surface area contributed by atoms with Gasteiger partial charge in [0, 0.05) is 0 Å². The van der Waals surface area contributed by atoms with E-state index < -0.39 is 0 Å². The van der Waals surface area contributed by atoms with Crippen LogP contribution in [0.4, 0.5) is 0 Å². The first-order chi connectivity index (χ1) is 9.52. The fourth-order valence-corrected chi connectivity index (χ4v) is 2.55. The van der Waals surface area contributed by atoms with Gasteiger partial charge in [-0.3, -0.25) is 0 Å². The van der Waals surface area contributed by atoms with Gasteiger partial charge >= 0.3 is 0 Å². The molecule has 0 radical (unpaired) electrons. The molecule has 0 aliphatic rings. The molecule has 20 heavy (non-hydrogen) atoms. The molecule has 102 valence electrons. The lowest BCUT2D eigenvalue weighted by Crippen LogP contribution is -1.80. The van der Waals surface area contributed by atoms with Crippen molar-refractivity contribution in [3.8, 4) is 0 Å². The van der Waals surface area contributed by atoms with Gasteiger partial charge in [0.15, 0.2) is 0 Å². The highest BCUT2D eigenvalue weighted by atomic mass is 14.0. The van der Waals surface area contributed by atoms with Crippen LogP contribution in [0.25, 0.3) is 12.2 Å². The molecule has 0 N–H and O–H groups in total. The summed E-state index contributed by atoms with van der Waals surface area (Å²) in [6.45, 7) is 8.54. The highest BCUT2D eigenvalue weighted by molar-refractivity contribution is 5.58.